The molecule has 0 bridgehead atoms. The predicted octanol–water partition coefficient (Wildman–Crippen LogP) is 3.07. The highest BCUT2D eigenvalue weighted by Gasteiger charge is 2.23. The van der Waals surface area contributed by atoms with Gasteiger partial charge in [0, 0.05) is 16.9 Å². The number of benzene rings is 1. The first-order valence-corrected chi connectivity index (χ1v) is 8.37. The lowest BCUT2D eigenvalue weighted by Gasteiger charge is -2.03. The maximum Gasteiger partial charge on any atom is 0.255 e. The van der Waals surface area contributed by atoms with Crippen molar-refractivity contribution in [3.8, 4) is 0 Å². The molecule has 1 amide bonds. The van der Waals surface area contributed by atoms with Crippen LogP contribution in [-0.4, -0.2) is 22.7 Å². The van der Waals surface area contributed by atoms with Crippen LogP contribution in [0.25, 0.3) is 10.1 Å². The largest absolute Gasteiger partial charge is 0.368 e. The summed E-state index contributed by atoms with van der Waals surface area (Å²) in [6.45, 7) is 0.959. The first-order valence-electron chi connectivity index (χ1n) is 7.49. The molecular formula is C16H15N3O3S. The van der Waals surface area contributed by atoms with E-state index in [0.717, 1.165) is 24.8 Å². The molecule has 1 saturated heterocycles. The zero-order valence-corrected chi connectivity index (χ0v) is 13.1. The first kappa shape index (κ1) is 14.3. The number of thiophene rings is 1. The molecule has 0 radical (unpaired) electrons. The van der Waals surface area contributed by atoms with Crippen molar-refractivity contribution in [2.75, 3.05) is 6.61 Å². The van der Waals surface area contributed by atoms with E-state index in [4.69, 9.17) is 9.26 Å². The van der Waals surface area contributed by atoms with E-state index < -0.39 is 0 Å². The highest BCUT2D eigenvalue weighted by molar-refractivity contribution is 7.17. The van der Waals surface area contributed by atoms with Crippen molar-refractivity contribution in [1.82, 2.24) is 15.5 Å². The van der Waals surface area contributed by atoms with Crippen LogP contribution in [0.4, 0.5) is 0 Å². The molecule has 1 aromatic carbocycles. The number of nitrogens with zero attached hydrogens (tertiary/aromatic N) is 2. The van der Waals surface area contributed by atoms with Crippen LogP contribution < -0.4 is 5.32 Å². The number of hydrogen-bond donors (Lipinski definition) is 1. The molecule has 1 atom stereocenters. The Morgan fingerprint density at radius 2 is 2.35 bits per heavy atom. The Balaban J connectivity index is 1.40. The molecular weight excluding hydrogens is 314 g/mol. The van der Waals surface area contributed by atoms with E-state index in [9.17, 15) is 4.79 Å². The van der Waals surface area contributed by atoms with Gasteiger partial charge in [0.15, 0.2) is 5.82 Å². The van der Waals surface area contributed by atoms with E-state index in [0.29, 0.717) is 17.3 Å². The summed E-state index contributed by atoms with van der Waals surface area (Å²) in [7, 11) is 0. The number of ether oxygens (including phenoxy) is 1. The molecule has 0 saturated carbocycles. The summed E-state index contributed by atoms with van der Waals surface area (Å²) in [5, 5.41) is 9.79. The second kappa shape index (κ2) is 6.10. The van der Waals surface area contributed by atoms with E-state index in [-0.39, 0.29) is 18.6 Å². The van der Waals surface area contributed by atoms with Crippen LogP contribution in [0, 0.1) is 0 Å². The average molecular weight is 329 g/mol. The summed E-state index contributed by atoms with van der Waals surface area (Å²) in [6.07, 6.45) is 1.80. The Morgan fingerprint density at radius 3 is 3.22 bits per heavy atom. The van der Waals surface area contributed by atoms with Gasteiger partial charge in [0.05, 0.1) is 6.54 Å². The fourth-order valence-electron chi connectivity index (χ4n) is 2.61. The molecule has 6 nitrogen and oxygen atoms in total. The zero-order chi connectivity index (χ0) is 15.6. The van der Waals surface area contributed by atoms with Gasteiger partial charge in [-0.25, -0.2) is 0 Å². The van der Waals surface area contributed by atoms with Gasteiger partial charge in [-0.2, -0.15) is 4.98 Å². The van der Waals surface area contributed by atoms with E-state index in [1.54, 1.807) is 11.3 Å². The number of carbonyl (C=O) groups excluding carboxylic acids is 1. The van der Waals surface area contributed by atoms with Gasteiger partial charge in [0.2, 0.25) is 0 Å². The second-order valence-corrected chi connectivity index (χ2v) is 6.35. The predicted molar refractivity (Wildman–Crippen MR) is 85.2 cm³/mol. The molecule has 7 heteroatoms. The highest BCUT2D eigenvalue weighted by atomic mass is 32.1. The molecule has 1 fully saturated rings. The summed E-state index contributed by atoms with van der Waals surface area (Å²) in [5.41, 5.74) is 0.624. The number of aromatic nitrogens is 2. The second-order valence-electron chi connectivity index (χ2n) is 5.41. The van der Waals surface area contributed by atoms with Crippen LogP contribution in [0.1, 0.15) is 41.0 Å². The number of carbonyl (C=O) groups is 1. The van der Waals surface area contributed by atoms with E-state index >= 15 is 0 Å². The van der Waals surface area contributed by atoms with Crippen LogP contribution in [0.2, 0.25) is 0 Å². The van der Waals surface area contributed by atoms with Crippen molar-refractivity contribution < 1.29 is 14.1 Å². The van der Waals surface area contributed by atoms with Crippen LogP contribution in [-0.2, 0) is 11.3 Å². The van der Waals surface area contributed by atoms with Gasteiger partial charge in [0.25, 0.3) is 11.8 Å². The molecule has 0 spiro atoms. The van der Waals surface area contributed by atoms with Crippen LogP contribution in [0.15, 0.2) is 34.2 Å². The summed E-state index contributed by atoms with van der Waals surface area (Å²) < 4.78 is 11.9. The molecule has 1 N–H and O–H groups in total. The number of hydrogen-bond acceptors (Lipinski definition) is 6. The standard InChI is InChI=1S/C16H15N3O3S/c20-15(11-3-4-13-10(8-11)5-7-23-13)17-9-14-18-16(22-19-14)12-2-1-6-21-12/h3-5,7-8,12H,1-2,6,9H2,(H,17,20). The third-order valence-corrected chi connectivity index (χ3v) is 4.71. The molecule has 23 heavy (non-hydrogen) atoms. The molecule has 1 aliphatic rings. The van der Waals surface area contributed by atoms with Crippen molar-refractivity contribution in [3.05, 3.63) is 46.9 Å². The van der Waals surface area contributed by atoms with Gasteiger partial charge in [-0.05, 0) is 47.9 Å². The molecule has 3 aromatic rings. The highest BCUT2D eigenvalue weighted by Crippen LogP contribution is 2.27. The van der Waals surface area contributed by atoms with Crippen LogP contribution >= 0.6 is 11.3 Å². The normalized spacial score (nSPS) is 17.7. The molecule has 1 aliphatic heterocycles. The molecule has 3 heterocycles. The van der Waals surface area contributed by atoms with Crippen LogP contribution in [0.5, 0.6) is 0 Å². The third kappa shape index (κ3) is 2.97. The van der Waals surface area contributed by atoms with Gasteiger partial charge < -0.3 is 14.6 Å². The minimum absolute atomic E-state index is 0.104. The summed E-state index contributed by atoms with van der Waals surface area (Å²) in [4.78, 5) is 16.5. The third-order valence-electron chi connectivity index (χ3n) is 3.81. The summed E-state index contributed by atoms with van der Waals surface area (Å²) >= 11 is 1.66. The monoisotopic (exact) mass is 329 g/mol. The van der Waals surface area contributed by atoms with Crippen LogP contribution in [0.3, 0.4) is 0 Å². The lowest BCUT2D eigenvalue weighted by molar-refractivity contribution is 0.0835. The number of rotatable bonds is 4. The minimum atomic E-state index is -0.151. The molecule has 0 aliphatic carbocycles. The molecule has 4 rings (SSSR count). The summed E-state index contributed by atoms with van der Waals surface area (Å²) in [5.74, 6) is 0.800. The SMILES string of the molecule is O=C(NCc1noc(C2CCCO2)n1)c1ccc2sccc2c1. The lowest BCUT2D eigenvalue weighted by atomic mass is 10.1. The average Bonchev–Trinajstić information content (AvgIpc) is 3.32. The van der Waals surface area contributed by atoms with Gasteiger partial charge in [-0.3, -0.25) is 4.79 Å². The quantitative estimate of drug-likeness (QED) is 0.796. The van der Waals surface area contributed by atoms with Crippen molar-refractivity contribution in [2.45, 2.75) is 25.5 Å². The summed E-state index contributed by atoms with van der Waals surface area (Å²) in [6, 6.07) is 7.67. The van der Waals surface area contributed by atoms with Crippen molar-refractivity contribution in [2.24, 2.45) is 0 Å². The minimum Gasteiger partial charge on any atom is -0.368 e. The Hall–Kier alpha value is -2.25. The van der Waals surface area contributed by atoms with Crippen molar-refractivity contribution in [1.29, 1.82) is 0 Å². The molecule has 118 valence electrons. The van der Waals surface area contributed by atoms with E-state index in [2.05, 4.69) is 15.5 Å². The topological polar surface area (TPSA) is 77.2 Å². The maximum atomic E-state index is 12.2. The first-order chi connectivity index (χ1) is 11.3. The van der Waals surface area contributed by atoms with Gasteiger partial charge in [-0.1, -0.05) is 5.16 Å². The van der Waals surface area contributed by atoms with Gasteiger partial charge in [-0.15, -0.1) is 11.3 Å². The smallest absolute Gasteiger partial charge is 0.255 e. The fourth-order valence-corrected chi connectivity index (χ4v) is 3.38. The fraction of sp³-hybridized carbons (Fsp3) is 0.312. The van der Waals surface area contributed by atoms with Gasteiger partial charge in [0.1, 0.15) is 6.10 Å². The Bertz CT molecular complexity index is 836. The van der Waals surface area contributed by atoms with Crippen molar-refractivity contribution >= 4 is 27.3 Å². The Morgan fingerprint density at radius 1 is 1.39 bits per heavy atom. The van der Waals surface area contributed by atoms with E-state index in [1.165, 1.54) is 4.70 Å². The van der Waals surface area contributed by atoms with Crippen molar-refractivity contribution in [3.63, 3.8) is 0 Å². The number of fused-ring (bicyclic) bond motifs is 1. The molecule has 2 aromatic heterocycles. The lowest BCUT2D eigenvalue weighted by Crippen LogP contribution is -2.23. The number of amides is 1. The molecule has 1 unspecified atom stereocenters. The maximum absolute atomic E-state index is 12.2. The Kier molecular flexibility index (Phi) is 3.80. The number of nitrogens with one attached hydrogen (secondary N) is 1. The van der Waals surface area contributed by atoms with Gasteiger partial charge >= 0.3 is 0 Å². The van der Waals surface area contributed by atoms with E-state index in [1.807, 2.05) is 29.6 Å². The Labute approximate surface area is 136 Å². The zero-order valence-electron chi connectivity index (χ0n) is 12.3.